The summed E-state index contributed by atoms with van der Waals surface area (Å²) in [5, 5.41) is 0. The summed E-state index contributed by atoms with van der Waals surface area (Å²) in [7, 11) is 0. The summed E-state index contributed by atoms with van der Waals surface area (Å²) >= 11 is 0. The lowest BCUT2D eigenvalue weighted by molar-refractivity contribution is -0.170. The molecule has 1 aromatic rings. The van der Waals surface area contributed by atoms with Crippen molar-refractivity contribution in [3.05, 3.63) is 29.3 Å². The molecule has 0 atom stereocenters. The maximum absolute atomic E-state index is 12.1. The van der Waals surface area contributed by atoms with Gasteiger partial charge in [-0.3, -0.25) is 9.59 Å². The van der Waals surface area contributed by atoms with E-state index in [0.717, 1.165) is 12.0 Å². The Balaban J connectivity index is 0.00000106. The molecule has 0 unspecified atom stereocenters. The molecule has 0 amide bonds. The highest BCUT2D eigenvalue weighted by Gasteiger charge is 2.39. The van der Waals surface area contributed by atoms with Gasteiger partial charge >= 0.3 is 6.18 Å². The number of halogens is 3. The van der Waals surface area contributed by atoms with Gasteiger partial charge in [0.1, 0.15) is 5.75 Å². The number of carbonyl (C=O) groups excluding carboxylic acids is 2. The van der Waals surface area contributed by atoms with Gasteiger partial charge in [0.05, 0.1) is 13.0 Å². The minimum absolute atomic E-state index is 0.113. The van der Waals surface area contributed by atoms with E-state index in [9.17, 15) is 22.8 Å². The zero-order chi connectivity index (χ0) is 16.0. The van der Waals surface area contributed by atoms with Crippen LogP contribution in [0.2, 0.25) is 0 Å². The van der Waals surface area contributed by atoms with Crippen molar-refractivity contribution in [1.29, 1.82) is 0 Å². The first-order valence-corrected chi connectivity index (χ1v) is 6.77. The number of Topliss-reactive ketones (excluding diaryl/α,β-unsaturated/α-hetero) is 2. The van der Waals surface area contributed by atoms with Gasteiger partial charge in [0, 0.05) is 5.56 Å². The van der Waals surface area contributed by atoms with Crippen LogP contribution in [-0.4, -0.2) is 24.3 Å². The van der Waals surface area contributed by atoms with Crippen molar-refractivity contribution in [2.45, 2.75) is 39.3 Å². The number of ether oxygens (including phenoxy) is 1. The van der Waals surface area contributed by atoms with Crippen molar-refractivity contribution in [2.75, 3.05) is 6.61 Å². The van der Waals surface area contributed by atoms with E-state index in [2.05, 4.69) is 0 Å². The van der Waals surface area contributed by atoms with Crippen LogP contribution >= 0.6 is 0 Å². The van der Waals surface area contributed by atoms with E-state index < -0.39 is 24.2 Å². The second kappa shape index (κ2) is 7.24. The molecule has 0 N–H and O–H groups in total. The molecule has 116 valence electrons. The van der Waals surface area contributed by atoms with Crippen LogP contribution in [0.25, 0.3) is 0 Å². The first-order chi connectivity index (χ1) is 9.88. The van der Waals surface area contributed by atoms with Gasteiger partial charge < -0.3 is 4.74 Å². The van der Waals surface area contributed by atoms with Crippen LogP contribution in [-0.2, 0) is 11.2 Å². The predicted octanol–water partition coefficient (Wildman–Crippen LogP) is 3.74. The fourth-order valence-electron chi connectivity index (χ4n) is 1.88. The van der Waals surface area contributed by atoms with Crippen molar-refractivity contribution >= 4 is 11.6 Å². The molecule has 0 saturated carbocycles. The van der Waals surface area contributed by atoms with Gasteiger partial charge in [-0.05, 0) is 36.6 Å². The number of aryl methyl sites for hydroxylation is 1. The van der Waals surface area contributed by atoms with Gasteiger partial charge in [-0.1, -0.05) is 13.8 Å². The summed E-state index contributed by atoms with van der Waals surface area (Å²) in [5.41, 5.74) is 0.901. The van der Waals surface area contributed by atoms with Crippen LogP contribution in [0.1, 0.15) is 42.6 Å². The average Bonchev–Trinajstić information content (AvgIpc) is 2.47. The van der Waals surface area contributed by atoms with E-state index >= 15 is 0 Å². The SMILES string of the molecule is CC.O=C(CC(=O)C(F)(F)F)c1ccc2c(c1)CCCO2. The Hall–Kier alpha value is -1.85. The molecule has 1 aromatic carbocycles. The third-order valence-corrected chi connectivity index (χ3v) is 2.87. The zero-order valence-electron chi connectivity index (χ0n) is 11.9. The van der Waals surface area contributed by atoms with E-state index in [4.69, 9.17) is 4.74 Å². The van der Waals surface area contributed by atoms with Gasteiger partial charge in [-0.25, -0.2) is 0 Å². The highest BCUT2D eigenvalue weighted by Crippen LogP contribution is 2.26. The number of hydrogen-bond acceptors (Lipinski definition) is 3. The molecule has 0 spiro atoms. The molecule has 6 heteroatoms. The standard InChI is InChI=1S/C13H11F3O3.C2H6/c14-13(15,16)12(18)7-10(17)8-3-4-11-9(6-8)2-1-5-19-11;1-2/h3-4,6H,1-2,5,7H2;1-2H3. The Morgan fingerprint density at radius 3 is 2.52 bits per heavy atom. The lowest BCUT2D eigenvalue weighted by atomic mass is 9.99. The first kappa shape index (κ1) is 17.2. The highest BCUT2D eigenvalue weighted by atomic mass is 19.4. The smallest absolute Gasteiger partial charge is 0.450 e. The Morgan fingerprint density at radius 1 is 1.24 bits per heavy atom. The van der Waals surface area contributed by atoms with Crippen LogP contribution in [0, 0.1) is 0 Å². The summed E-state index contributed by atoms with van der Waals surface area (Å²) < 4.78 is 41.6. The largest absolute Gasteiger partial charge is 0.493 e. The van der Waals surface area contributed by atoms with Crippen LogP contribution in [0.5, 0.6) is 5.75 Å². The van der Waals surface area contributed by atoms with E-state index in [0.29, 0.717) is 18.8 Å². The molecule has 0 fully saturated rings. The number of rotatable bonds is 3. The van der Waals surface area contributed by atoms with Crippen molar-refractivity contribution in [2.24, 2.45) is 0 Å². The van der Waals surface area contributed by atoms with Crippen LogP contribution in [0.4, 0.5) is 13.2 Å². The first-order valence-electron chi connectivity index (χ1n) is 6.77. The molecular formula is C15H17F3O3. The Labute approximate surface area is 121 Å². The van der Waals surface area contributed by atoms with Crippen LogP contribution in [0.3, 0.4) is 0 Å². The monoisotopic (exact) mass is 302 g/mol. The lowest BCUT2D eigenvalue weighted by Crippen LogP contribution is -2.25. The number of hydrogen-bond donors (Lipinski definition) is 0. The lowest BCUT2D eigenvalue weighted by Gasteiger charge is -2.17. The van der Waals surface area contributed by atoms with Gasteiger partial charge in [0.2, 0.25) is 5.78 Å². The number of benzene rings is 1. The van der Waals surface area contributed by atoms with Crippen LogP contribution < -0.4 is 4.74 Å². The molecule has 0 aromatic heterocycles. The molecule has 0 radical (unpaired) electrons. The van der Waals surface area contributed by atoms with Crippen molar-refractivity contribution in [3.63, 3.8) is 0 Å². The van der Waals surface area contributed by atoms with E-state index in [1.165, 1.54) is 12.1 Å². The second-order valence-corrected chi connectivity index (χ2v) is 4.30. The molecule has 1 aliphatic heterocycles. The number of alkyl halides is 3. The van der Waals surface area contributed by atoms with Gasteiger partial charge in [0.15, 0.2) is 5.78 Å². The zero-order valence-corrected chi connectivity index (χ0v) is 11.9. The van der Waals surface area contributed by atoms with Gasteiger partial charge in [-0.2, -0.15) is 13.2 Å². The molecular weight excluding hydrogens is 285 g/mol. The summed E-state index contributed by atoms with van der Waals surface area (Å²) in [6.45, 7) is 4.59. The summed E-state index contributed by atoms with van der Waals surface area (Å²) in [6.07, 6.45) is -4.61. The van der Waals surface area contributed by atoms with Crippen molar-refractivity contribution in [1.82, 2.24) is 0 Å². The van der Waals surface area contributed by atoms with Crippen molar-refractivity contribution in [3.8, 4) is 5.75 Å². The quantitative estimate of drug-likeness (QED) is 0.631. The number of ketones is 2. The summed E-state index contributed by atoms with van der Waals surface area (Å²) in [4.78, 5) is 22.4. The Kier molecular flexibility index (Phi) is 5.93. The van der Waals surface area contributed by atoms with Gasteiger partial charge in [0.25, 0.3) is 0 Å². The minimum Gasteiger partial charge on any atom is -0.493 e. The number of carbonyl (C=O) groups is 2. The number of fused-ring (bicyclic) bond motifs is 1. The molecule has 1 aliphatic rings. The van der Waals surface area contributed by atoms with E-state index in [1.807, 2.05) is 13.8 Å². The normalized spacial score (nSPS) is 13.4. The Morgan fingerprint density at radius 2 is 1.90 bits per heavy atom. The fourth-order valence-corrected chi connectivity index (χ4v) is 1.88. The average molecular weight is 302 g/mol. The van der Waals surface area contributed by atoms with E-state index in [1.54, 1.807) is 6.07 Å². The van der Waals surface area contributed by atoms with Crippen molar-refractivity contribution < 1.29 is 27.5 Å². The molecule has 0 bridgehead atoms. The maximum Gasteiger partial charge on any atom is 0.450 e. The van der Waals surface area contributed by atoms with Crippen LogP contribution in [0.15, 0.2) is 18.2 Å². The summed E-state index contributed by atoms with van der Waals surface area (Å²) in [6, 6.07) is 4.44. The Bertz CT molecular complexity index is 521. The minimum atomic E-state index is -4.97. The molecule has 3 nitrogen and oxygen atoms in total. The molecule has 0 saturated heterocycles. The summed E-state index contributed by atoms with van der Waals surface area (Å²) in [5.74, 6) is -2.20. The molecule has 1 heterocycles. The van der Waals surface area contributed by atoms with E-state index in [-0.39, 0.29) is 5.56 Å². The fraction of sp³-hybridized carbons (Fsp3) is 0.467. The highest BCUT2D eigenvalue weighted by molar-refractivity contribution is 6.09. The maximum atomic E-state index is 12.1. The second-order valence-electron chi connectivity index (χ2n) is 4.30. The molecule has 21 heavy (non-hydrogen) atoms. The topological polar surface area (TPSA) is 43.4 Å². The third-order valence-electron chi connectivity index (χ3n) is 2.87. The molecule has 2 rings (SSSR count). The van der Waals surface area contributed by atoms with Gasteiger partial charge in [-0.15, -0.1) is 0 Å². The molecule has 0 aliphatic carbocycles. The third kappa shape index (κ3) is 4.58. The predicted molar refractivity (Wildman–Crippen MR) is 71.6 cm³/mol.